The summed E-state index contributed by atoms with van der Waals surface area (Å²) in [6.45, 7) is 0.541. The molecule has 0 amide bonds. The fourth-order valence-corrected chi connectivity index (χ4v) is 4.35. The minimum Gasteiger partial charge on any atom is -0.334 e. The van der Waals surface area contributed by atoms with Gasteiger partial charge in [-0.25, -0.2) is 8.42 Å². The summed E-state index contributed by atoms with van der Waals surface area (Å²) >= 11 is 0. The Labute approximate surface area is 123 Å². The molecule has 112 valence electrons. The van der Waals surface area contributed by atoms with Gasteiger partial charge in [0.05, 0.1) is 11.5 Å². The fourth-order valence-electron chi connectivity index (χ4n) is 2.61. The van der Waals surface area contributed by atoms with Gasteiger partial charge in [0.2, 0.25) is 0 Å². The quantitative estimate of drug-likeness (QED) is 0.909. The summed E-state index contributed by atoms with van der Waals surface area (Å²) < 4.78 is 28.4. The molecule has 6 nitrogen and oxygen atoms in total. The van der Waals surface area contributed by atoms with Crippen molar-refractivity contribution in [3.63, 3.8) is 0 Å². The van der Waals surface area contributed by atoms with Gasteiger partial charge < -0.3 is 10.3 Å². The molecule has 1 aromatic heterocycles. The average Bonchev–Trinajstić information content (AvgIpc) is 3.06. The van der Waals surface area contributed by atoms with Crippen LogP contribution in [0.3, 0.4) is 0 Å². The summed E-state index contributed by atoms with van der Waals surface area (Å²) in [4.78, 5) is 4.39. The van der Waals surface area contributed by atoms with E-state index in [0.717, 1.165) is 17.5 Å². The third kappa shape index (κ3) is 2.98. The Kier molecular flexibility index (Phi) is 3.77. The van der Waals surface area contributed by atoms with Gasteiger partial charge in [-0.05, 0) is 31.0 Å². The molecule has 1 aliphatic heterocycles. The van der Waals surface area contributed by atoms with Gasteiger partial charge in [0, 0.05) is 11.5 Å². The summed E-state index contributed by atoms with van der Waals surface area (Å²) in [6, 6.07) is 7.73. The third-order valence-corrected chi connectivity index (χ3v) is 5.47. The first kappa shape index (κ1) is 14.2. The standard InChI is InChI=1S/C14H17N3O3S/c15-7-5-10-3-1-2-4-12(10)14-16-13(17-20-14)11-6-8-21(18,19)9-11/h1-4,11H,5-9,15H2. The normalized spacial score (nSPS) is 20.7. The summed E-state index contributed by atoms with van der Waals surface area (Å²) in [7, 11) is -2.95. The maximum Gasteiger partial charge on any atom is 0.258 e. The van der Waals surface area contributed by atoms with Crippen molar-refractivity contribution in [1.29, 1.82) is 0 Å². The second kappa shape index (κ2) is 5.57. The fraction of sp³-hybridized carbons (Fsp3) is 0.429. The highest BCUT2D eigenvalue weighted by Crippen LogP contribution is 2.29. The van der Waals surface area contributed by atoms with Gasteiger partial charge in [0.25, 0.3) is 5.89 Å². The lowest BCUT2D eigenvalue weighted by atomic mass is 10.0. The topological polar surface area (TPSA) is 99.1 Å². The predicted octanol–water partition coefficient (Wildman–Crippen LogP) is 1.14. The Morgan fingerprint density at radius 3 is 2.86 bits per heavy atom. The van der Waals surface area contributed by atoms with Gasteiger partial charge in [-0.2, -0.15) is 4.98 Å². The third-order valence-electron chi connectivity index (χ3n) is 3.70. The highest BCUT2D eigenvalue weighted by atomic mass is 32.2. The van der Waals surface area contributed by atoms with Crippen molar-refractivity contribution in [3.05, 3.63) is 35.7 Å². The van der Waals surface area contributed by atoms with Crippen LogP contribution in [0.15, 0.2) is 28.8 Å². The molecule has 1 aromatic carbocycles. The first-order valence-corrected chi connectivity index (χ1v) is 8.73. The van der Waals surface area contributed by atoms with E-state index in [4.69, 9.17) is 10.3 Å². The van der Waals surface area contributed by atoms with Crippen molar-refractivity contribution < 1.29 is 12.9 Å². The molecule has 0 saturated carbocycles. The number of rotatable bonds is 4. The van der Waals surface area contributed by atoms with Crippen LogP contribution in [0.4, 0.5) is 0 Å². The zero-order valence-corrected chi connectivity index (χ0v) is 12.3. The van der Waals surface area contributed by atoms with E-state index in [2.05, 4.69) is 10.1 Å². The van der Waals surface area contributed by atoms with Crippen LogP contribution in [0.5, 0.6) is 0 Å². The van der Waals surface area contributed by atoms with Crippen molar-refractivity contribution in [2.24, 2.45) is 5.73 Å². The molecule has 0 radical (unpaired) electrons. The summed E-state index contributed by atoms with van der Waals surface area (Å²) in [6.07, 6.45) is 1.29. The second-order valence-electron chi connectivity index (χ2n) is 5.25. The number of nitrogens with zero attached hydrogens (tertiary/aromatic N) is 2. The molecule has 21 heavy (non-hydrogen) atoms. The second-order valence-corrected chi connectivity index (χ2v) is 7.48. The van der Waals surface area contributed by atoms with Crippen LogP contribution in [0.2, 0.25) is 0 Å². The largest absolute Gasteiger partial charge is 0.334 e. The first-order valence-electron chi connectivity index (χ1n) is 6.91. The van der Waals surface area contributed by atoms with E-state index in [-0.39, 0.29) is 17.4 Å². The molecule has 0 bridgehead atoms. The molecule has 0 aliphatic carbocycles. The minimum atomic E-state index is -2.95. The van der Waals surface area contributed by atoms with Crippen molar-refractivity contribution in [2.75, 3.05) is 18.1 Å². The highest BCUT2D eigenvalue weighted by molar-refractivity contribution is 7.91. The minimum absolute atomic E-state index is 0.108. The van der Waals surface area contributed by atoms with Gasteiger partial charge in [-0.3, -0.25) is 0 Å². The molecule has 1 atom stereocenters. The first-order chi connectivity index (χ1) is 10.1. The van der Waals surface area contributed by atoms with Gasteiger partial charge in [0.1, 0.15) is 0 Å². The lowest BCUT2D eigenvalue weighted by molar-refractivity contribution is 0.417. The van der Waals surface area contributed by atoms with Crippen LogP contribution >= 0.6 is 0 Å². The monoisotopic (exact) mass is 307 g/mol. The summed E-state index contributed by atoms with van der Waals surface area (Å²) in [5, 5.41) is 3.96. The van der Waals surface area contributed by atoms with E-state index in [1.165, 1.54) is 0 Å². The van der Waals surface area contributed by atoms with Crippen LogP contribution in [0.25, 0.3) is 11.5 Å². The number of nitrogens with two attached hydrogens (primary N) is 1. The Bertz CT molecular complexity index is 739. The van der Waals surface area contributed by atoms with Crippen LogP contribution in [-0.4, -0.2) is 36.6 Å². The summed E-state index contributed by atoms with van der Waals surface area (Å²) in [5.41, 5.74) is 7.52. The van der Waals surface area contributed by atoms with Crippen molar-refractivity contribution in [1.82, 2.24) is 10.1 Å². The van der Waals surface area contributed by atoms with Gasteiger partial charge in [0.15, 0.2) is 15.7 Å². The van der Waals surface area contributed by atoms with Crippen molar-refractivity contribution in [3.8, 4) is 11.5 Å². The molecule has 1 fully saturated rings. The van der Waals surface area contributed by atoms with E-state index >= 15 is 0 Å². The van der Waals surface area contributed by atoms with E-state index in [1.807, 2.05) is 24.3 Å². The lowest BCUT2D eigenvalue weighted by Crippen LogP contribution is -2.05. The lowest BCUT2D eigenvalue weighted by Gasteiger charge is -2.03. The average molecular weight is 307 g/mol. The maximum atomic E-state index is 11.5. The van der Waals surface area contributed by atoms with Crippen LogP contribution in [0, 0.1) is 0 Å². The van der Waals surface area contributed by atoms with Crippen molar-refractivity contribution in [2.45, 2.75) is 18.8 Å². The molecule has 1 aliphatic rings. The molecule has 7 heteroatoms. The highest BCUT2D eigenvalue weighted by Gasteiger charge is 2.32. The molecule has 1 unspecified atom stereocenters. The Morgan fingerprint density at radius 1 is 1.33 bits per heavy atom. The number of sulfone groups is 1. The SMILES string of the molecule is NCCc1ccccc1-c1nc(C2CCS(=O)(=O)C2)no1. The molecule has 2 heterocycles. The molecule has 3 rings (SSSR count). The van der Waals surface area contributed by atoms with Crippen molar-refractivity contribution >= 4 is 9.84 Å². The Balaban J connectivity index is 1.89. The number of hydrogen-bond donors (Lipinski definition) is 1. The Morgan fingerprint density at radius 2 is 2.14 bits per heavy atom. The van der Waals surface area contributed by atoms with Crippen LogP contribution < -0.4 is 5.73 Å². The Hall–Kier alpha value is -1.73. The zero-order chi connectivity index (χ0) is 14.9. The number of aromatic nitrogens is 2. The molecular weight excluding hydrogens is 290 g/mol. The maximum absolute atomic E-state index is 11.5. The molecule has 0 spiro atoms. The number of hydrogen-bond acceptors (Lipinski definition) is 6. The zero-order valence-electron chi connectivity index (χ0n) is 11.5. The van der Waals surface area contributed by atoms with Crippen LogP contribution in [-0.2, 0) is 16.3 Å². The van der Waals surface area contributed by atoms with E-state index in [0.29, 0.717) is 24.7 Å². The van der Waals surface area contributed by atoms with Gasteiger partial charge in [-0.15, -0.1) is 0 Å². The molecular formula is C14H17N3O3S. The summed E-state index contributed by atoms with van der Waals surface area (Å²) in [5.74, 6) is 1.06. The smallest absolute Gasteiger partial charge is 0.258 e. The van der Waals surface area contributed by atoms with Gasteiger partial charge >= 0.3 is 0 Å². The molecule has 1 saturated heterocycles. The molecule has 2 N–H and O–H groups in total. The van der Waals surface area contributed by atoms with E-state index in [9.17, 15) is 8.42 Å². The number of benzene rings is 1. The molecule has 2 aromatic rings. The van der Waals surface area contributed by atoms with E-state index < -0.39 is 9.84 Å². The van der Waals surface area contributed by atoms with Gasteiger partial charge in [-0.1, -0.05) is 23.4 Å². The van der Waals surface area contributed by atoms with Crippen LogP contribution in [0.1, 0.15) is 23.7 Å². The predicted molar refractivity (Wildman–Crippen MR) is 78.5 cm³/mol. The van der Waals surface area contributed by atoms with E-state index in [1.54, 1.807) is 0 Å².